The molecule has 100 valence electrons. The van der Waals surface area contributed by atoms with Crippen molar-refractivity contribution in [1.82, 2.24) is 10.3 Å². The maximum atomic E-state index is 6.24. The zero-order valence-electron chi connectivity index (χ0n) is 10.9. The van der Waals surface area contributed by atoms with Crippen LogP contribution in [0.15, 0.2) is 42.7 Å². The van der Waals surface area contributed by atoms with E-state index in [0.717, 1.165) is 5.56 Å². The maximum Gasteiger partial charge on any atom is 0.0639 e. The van der Waals surface area contributed by atoms with Crippen LogP contribution in [0.3, 0.4) is 0 Å². The molecule has 0 saturated carbocycles. The average molecular weight is 295 g/mol. The lowest BCUT2D eigenvalue weighted by Crippen LogP contribution is -2.22. The molecule has 2 nitrogen and oxygen atoms in total. The molecular weight excluding hydrogens is 279 g/mol. The van der Waals surface area contributed by atoms with E-state index in [4.69, 9.17) is 23.2 Å². The Labute approximate surface area is 123 Å². The smallest absolute Gasteiger partial charge is 0.0639 e. The Morgan fingerprint density at radius 1 is 1.00 bits per heavy atom. The lowest BCUT2D eigenvalue weighted by Gasteiger charge is -2.21. The molecule has 0 radical (unpaired) electrons. The lowest BCUT2D eigenvalue weighted by molar-refractivity contribution is 0.494. The van der Waals surface area contributed by atoms with Gasteiger partial charge in [-0.15, -0.1) is 0 Å². The van der Waals surface area contributed by atoms with Crippen molar-refractivity contribution in [2.24, 2.45) is 0 Å². The van der Waals surface area contributed by atoms with Crippen LogP contribution in [0.2, 0.25) is 10.0 Å². The van der Waals surface area contributed by atoms with E-state index in [1.807, 2.05) is 24.3 Å². The molecule has 0 bridgehead atoms. The highest BCUT2D eigenvalue weighted by molar-refractivity contribution is 6.42. The topological polar surface area (TPSA) is 24.9 Å². The minimum absolute atomic E-state index is 0.120. The number of pyridine rings is 1. The van der Waals surface area contributed by atoms with Crippen LogP contribution in [-0.4, -0.2) is 4.98 Å². The number of hydrogen-bond acceptors (Lipinski definition) is 2. The zero-order chi connectivity index (χ0) is 13.8. The molecule has 1 unspecified atom stereocenters. The van der Waals surface area contributed by atoms with Gasteiger partial charge in [-0.05, 0) is 43.2 Å². The summed E-state index contributed by atoms with van der Waals surface area (Å²) in [7, 11) is 0. The van der Waals surface area contributed by atoms with Crippen LogP contribution in [0.25, 0.3) is 0 Å². The van der Waals surface area contributed by atoms with E-state index >= 15 is 0 Å². The van der Waals surface area contributed by atoms with Gasteiger partial charge >= 0.3 is 0 Å². The highest BCUT2D eigenvalue weighted by Gasteiger charge is 2.14. The van der Waals surface area contributed by atoms with Crippen molar-refractivity contribution < 1.29 is 0 Å². The molecule has 2 atom stereocenters. The molecule has 1 N–H and O–H groups in total. The molecule has 0 aliphatic heterocycles. The second kappa shape index (κ2) is 6.38. The molecule has 2 rings (SSSR count). The number of halogens is 2. The van der Waals surface area contributed by atoms with Gasteiger partial charge in [0.05, 0.1) is 10.0 Å². The van der Waals surface area contributed by atoms with Gasteiger partial charge in [-0.25, -0.2) is 0 Å². The monoisotopic (exact) mass is 294 g/mol. The fourth-order valence-corrected chi connectivity index (χ4v) is 2.54. The summed E-state index contributed by atoms with van der Waals surface area (Å²) >= 11 is 12.3. The van der Waals surface area contributed by atoms with Crippen LogP contribution < -0.4 is 5.32 Å². The molecule has 4 heteroatoms. The Balaban J connectivity index is 2.13. The van der Waals surface area contributed by atoms with Gasteiger partial charge in [0, 0.05) is 24.5 Å². The summed E-state index contributed by atoms with van der Waals surface area (Å²) < 4.78 is 0. The van der Waals surface area contributed by atoms with Crippen LogP contribution in [0.4, 0.5) is 0 Å². The summed E-state index contributed by atoms with van der Waals surface area (Å²) in [5.41, 5.74) is 2.20. The predicted octanol–water partition coefficient (Wildman–Crippen LogP) is 4.80. The first-order chi connectivity index (χ1) is 9.09. The molecule has 0 aliphatic rings. The first-order valence-electron chi connectivity index (χ1n) is 6.19. The normalized spacial score (nSPS) is 14.1. The van der Waals surface area contributed by atoms with E-state index in [2.05, 4.69) is 24.1 Å². The maximum absolute atomic E-state index is 6.24. The summed E-state index contributed by atoms with van der Waals surface area (Å²) in [6, 6.07) is 10.0. The summed E-state index contributed by atoms with van der Waals surface area (Å²) in [6.45, 7) is 4.19. The number of benzene rings is 1. The quantitative estimate of drug-likeness (QED) is 0.876. The SMILES string of the molecule is CC(N[C@@H](C)c1ccncc1)c1cccc(Cl)c1Cl. The molecular formula is C15H16Cl2N2. The van der Waals surface area contributed by atoms with E-state index in [-0.39, 0.29) is 12.1 Å². The van der Waals surface area contributed by atoms with Crippen LogP contribution in [0.1, 0.15) is 37.1 Å². The molecule has 1 aromatic carbocycles. The summed E-state index contributed by atoms with van der Waals surface area (Å²) in [5, 5.41) is 4.71. The molecule has 0 fully saturated rings. The Kier molecular flexibility index (Phi) is 4.81. The van der Waals surface area contributed by atoms with Crippen LogP contribution >= 0.6 is 23.2 Å². The summed E-state index contributed by atoms with van der Waals surface area (Å²) in [4.78, 5) is 4.02. The van der Waals surface area contributed by atoms with E-state index < -0.39 is 0 Å². The van der Waals surface area contributed by atoms with Crippen molar-refractivity contribution in [3.63, 3.8) is 0 Å². The Morgan fingerprint density at radius 3 is 2.37 bits per heavy atom. The molecule has 0 amide bonds. The average Bonchev–Trinajstić information content (AvgIpc) is 2.42. The van der Waals surface area contributed by atoms with Crippen LogP contribution in [0.5, 0.6) is 0 Å². The van der Waals surface area contributed by atoms with Gasteiger partial charge in [-0.3, -0.25) is 4.98 Å². The highest BCUT2D eigenvalue weighted by atomic mass is 35.5. The fourth-order valence-electron chi connectivity index (χ4n) is 2.07. The number of nitrogens with zero attached hydrogens (tertiary/aromatic N) is 1. The third-order valence-electron chi connectivity index (χ3n) is 3.15. The van der Waals surface area contributed by atoms with Gasteiger partial charge < -0.3 is 5.32 Å². The minimum atomic E-state index is 0.120. The summed E-state index contributed by atoms with van der Waals surface area (Å²) in [5.74, 6) is 0. The Hall–Kier alpha value is -1.09. The third-order valence-corrected chi connectivity index (χ3v) is 3.99. The molecule has 19 heavy (non-hydrogen) atoms. The van der Waals surface area contributed by atoms with Gasteiger partial charge in [0.15, 0.2) is 0 Å². The standard InChI is InChI=1S/C15H16Cl2N2/c1-10(12-6-8-18-9-7-12)19-11(2)13-4-3-5-14(16)15(13)17/h3-11,19H,1-2H3/t10-,11?/m0/s1. The van der Waals surface area contributed by atoms with Crippen molar-refractivity contribution in [1.29, 1.82) is 0 Å². The zero-order valence-corrected chi connectivity index (χ0v) is 12.4. The lowest BCUT2D eigenvalue weighted by atomic mass is 10.1. The van der Waals surface area contributed by atoms with Gasteiger partial charge in [-0.2, -0.15) is 0 Å². The Morgan fingerprint density at radius 2 is 1.68 bits per heavy atom. The van der Waals surface area contributed by atoms with Crippen molar-refractivity contribution in [3.8, 4) is 0 Å². The first-order valence-corrected chi connectivity index (χ1v) is 6.95. The number of aromatic nitrogens is 1. The van der Waals surface area contributed by atoms with E-state index in [0.29, 0.717) is 10.0 Å². The molecule has 0 spiro atoms. The van der Waals surface area contributed by atoms with Crippen LogP contribution in [0, 0.1) is 0 Å². The van der Waals surface area contributed by atoms with Crippen molar-refractivity contribution in [2.75, 3.05) is 0 Å². The van der Waals surface area contributed by atoms with Crippen molar-refractivity contribution in [2.45, 2.75) is 25.9 Å². The van der Waals surface area contributed by atoms with Gasteiger partial charge in [0.25, 0.3) is 0 Å². The number of rotatable bonds is 4. The second-order valence-electron chi connectivity index (χ2n) is 4.53. The Bertz CT molecular complexity index is 543. The number of hydrogen-bond donors (Lipinski definition) is 1. The van der Waals surface area contributed by atoms with Gasteiger partial charge in [-0.1, -0.05) is 35.3 Å². The predicted molar refractivity (Wildman–Crippen MR) is 80.7 cm³/mol. The third kappa shape index (κ3) is 3.47. The van der Waals surface area contributed by atoms with Gasteiger partial charge in [0.1, 0.15) is 0 Å². The molecule has 0 saturated heterocycles. The minimum Gasteiger partial charge on any atom is -0.304 e. The van der Waals surface area contributed by atoms with Crippen molar-refractivity contribution in [3.05, 3.63) is 63.9 Å². The van der Waals surface area contributed by atoms with Crippen LogP contribution in [-0.2, 0) is 0 Å². The molecule has 1 aromatic heterocycles. The number of nitrogens with one attached hydrogen (secondary N) is 1. The van der Waals surface area contributed by atoms with E-state index in [1.54, 1.807) is 18.5 Å². The highest BCUT2D eigenvalue weighted by Crippen LogP contribution is 2.30. The molecule has 1 heterocycles. The van der Waals surface area contributed by atoms with Gasteiger partial charge in [0.2, 0.25) is 0 Å². The molecule has 2 aromatic rings. The van der Waals surface area contributed by atoms with Crippen molar-refractivity contribution >= 4 is 23.2 Å². The summed E-state index contributed by atoms with van der Waals surface area (Å²) in [6.07, 6.45) is 3.59. The van der Waals surface area contributed by atoms with E-state index in [1.165, 1.54) is 5.56 Å². The fraction of sp³-hybridized carbons (Fsp3) is 0.267. The second-order valence-corrected chi connectivity index (χ2v) is 5.32. The molecule has 0 aliphatic carbocycles. The van der Waals surface area contributed by atoms with E-state index in [9.17, 15) is 0 Å². The largest absolute Gasteiger partial charge is 0.304 e. The first kappa shape index (κ1) is 14.3.